The highest BCUT2D eigenvalue weighted by Gasteiger charge is 2.18. The van der Waals surface area contributed by atoms with Crippen molar-refractivity contribution < 1.29 is 0 Å². The van der Waals surface area contributed by atoms with E-state index in [1.807, 2.05) is 0 Å². The zero-order valence-electron chi connectivity index (χ0n) is 8.14. The summed E-state index contributed by atoms with van der Waals surface area (Å²) in [4.78, 5) is 0. The second-order valence-corrected chi connectivity index (χ2v) is 3.48. The van der Waals surface area contributed by atoms with Gasteiger partial charge in [-0.2, -0.15) is 5.10 Å². The lowest BCUT2D eigenvalue weighted by Crippen LogP contribution is -2.29. The van der Waals surface area contributed by atoms with Crippen LogP contribution in [-0.2, 0) is 0 Å². The molecular weight excluding hydrogens is 164 g/mol. The summed E-state index contributed by atoms with van der Waals surface area (Å²) < 4.78 is 0. The summed E-state index contributed by atoms with van der Waals surface area (Å²) in [5.74, 6) is 0.522. The number of hydrazone groups is 1. The zero-order chi connectivity index (χ0) is 9.68. The van der Waals surface area contributed by atoms with Crippen LogP contribution in [-0.4, -0.2) is 11.7 Å². The van der Waals surface area contributed by atoms with Gasteiger partial charge in [0.25, 0.3) is 0 Å². The Morgan fingerprint density at radius 2 is 2.46 bits per heavy atom. The summed E-state index contributed by atoms with van der Waals surface area (Å²) in [6.07, 6.45) is 5.94. The van der Waals surface area contributed by atoms with Crippen LogP contribution in [0.2, 0.25) is 0 Å². The molecule has 1 aliphatic carbocycles. The first-order valence-corrected chi connectivity index (χ1v) is 4.90. The van der Waals surface area contributed by atoms with Crippen LogP contribution in [0.15, 0.2) is 5.10 Å². The molecule has 1 fully saturated rings. The van der Waals surface area contributed by atoms with E-state index in [9.17, 15) is 0 Å². The van der Waals surface area contributed by atoms with E-state index in [2.05, 4.69) is 17.5 Å². The molecular formula is C9H18N4. The van der Waals surface area contributed by atoms with Crippen LogP contribution >= 0.6 is 0 Å². The fourth-order valence-corrected chi connectivity index (χ4v) is 1.79. The van der Waals surface area contributed by atoms with Crippen LogP contribution in [0, 0.1) is 11.3 Å². The van der Waals surface area contributed by atoms with Crippen molar-refractivity contribution >= 4 is 11.7 Å². The van der Waals surface area contributed by atoms with Crippen LogP contribution in [0.25, 0.3) is 0 Å². The smallest absolute Gasteiger partial charge is 0.206 e. The van der Waals surface area contributed by atoms with Crippen LogP contribution in [0.5, 0.6) is 0 Å². The fourth-order valence-electron chi connectivity index (χ4n) is 1.79. The van der Waals surface area contributed by atoms with Crippen LogP contribution in [0.3, 0.4) is 0 Å². The lowest BCUT2D eigenvalue weighted by molar-refractivity contribution is 0.511. The fraction of sp³-hybridized carbons (Fsp3) is 0.778. The summed E-state index contributed by atoms with van der Waals surface area (Å²) >= 11 is 0. The molecule has 1 saturated carbocycles. The van der Waals surface area contributed by atoms with Crippen molar-refractivity contribution in [1.82, 2.24) is 5.43 Å². The van der Waals surface area contributed by atoms with E-state index in [0.717, 1.165) is 12.8 Å². The van der Waals surface area contributed by atoms with Gasteiger partial charge in [0.15, 0.2) is 0 Å². The van der Waals surface area contributed by atoms with E-state index in [0.29, 0.717) is 5.92 Å². The topological polar surface area (TPSA) is 74.3 Å². The van der Waals surface area contributed by atoms with Gasteiger partial charge >= 0.3 is 0 Å². The molecule has 0 saturated heterocycles. The third-order valence-corrected chi connectivity index (χ3v) is 2.52. The van der Waals surface area contributed by atoms with Gasteiger partial charge in [0.1, 0.15) is 0 Å². The SMILES string of the molecule is CCC1CCCCC1=NNC(=N)N. The van der Waals surface area contributed by atoms with Gasteiger partial charge in [0.05, 0.1) is 0 Å². The summed E-state index contributed by atoms with van der Waals surface area (Å²) in [6.45, 7) is 2.18. The van der Waals surface area contributed by atoms with Gasteiger partial charge in [0, 0.05) is 5.71 Å². The molecule has 74 valence electrons. The standard InChI is InChI=1S/C9H18N4/c1-2-7-5-3-4-6-8(7)12-13-9(10)11/h7H,2-6H2,1H3,(H4,10,11,13). The Hall–Kier alpha value is -1.06. The molecule has 0 radical (unpaired) electrons. The van der Waals surface area contributed by atoms with Crippen molar-refractivity contribution in [3.63, 3.8) is 0 Å². The van der Waals surface area contributed by atoms with Gasteiger partial charge in [-0.05, 0) is 31.6 Å². The number of rotatable bonds is 2. The molecule has 1 rings (SSSR count). The Balaban J connectivity index is 2.52. The molecule has 1 unspecified atom stereocenters. The number of hydrogen-bond donors (Lipinski definition) is 3. The van der Waals surface area contributed by atoms with Gasteiger partial charge in [0.2, 0.25) is 5.96 Å². The number of hydrogen-bond acceptors (Lipinski definition) is 2. The monoisotopic (exact) mass is 182 g/mol. The third-order valence-electron chi connectivity index (χ3n) is 2.52. The predicted octanol–water partition coefficient (Wildman–Crippen LogP) is 1.43. The maximum atomic E-state index is 7.00. The highest BCUT2D eigenvalue weighted by atomic mass is 15.3. The van der Waals surface area contributed by atoms with Crippen LogP contribution in [0.1, 0.15) is 39.0 Å². The van der Waals surface area contributed by atoms with Crippen molar-refractivity contribution in [1.29, 1.82) is 5.41 Å². The molecule has 0 heterocycles. The first kappa shape index (κ1) is 10.0. The normalized spacial score (nSPS) is 25.9. The van der Waals surface area contributed by atoms with Gasteiger partial charge in [-0.15, -0.1) is 0 Å². The largest absolute Gasteiger partial charge is 0.369 e. The molecule has 0 amide bonds. The molecule has 4 N–H and O–H groups in total. The van der Waals surface area contributed by atoms with Gasteiger partial charge in [-0.3, -0.25) is 5.41 Å². The van der Waals surface area contributed by atoms with Crippen molar-refractivity contribution in [2.45, 2.75) is 39.0 Å². The lowest BCUT2D eigenvalue weighted by atomic mass is 9.86. The molecule has 4 heteroatoms. The number of nitrogens with zero attached hydrogens (tertiary/aromatic N) is 1. The van der Waals surface area contributed by atoms with Gasteiger partial charge in [-0.1, -0.05) is 13.3 Å². The quantitative estimate of drug-likeness (QED) is 0.343. The summed E-state index contributed by atoms with van der Waals surface area (Å²) in [7, 11) is 0. The van der Waals surface area contributed by atoms with E-state index < -0.39 is 0 Å². The average Bonchev–Trinajstić information content (AvgIpc) is 2.15. The number of nitrogens with one attached hydrogen (secondary N) is 2. The first-order valence-electron chi connectivity index (χ1n) is 4.90. The Kier molecular flexibility index (Phi) is 3.73. The van der Waals surface area contributed by atoms with E-state index >= 15 is 0 Å². The Bertz CT molecular complexity index is 210. The molecule has 0 spiro atoms. The average molecular weight is 182 g/mol. The Labute approximate surface area is 79.1 Å². The maximum Gasteiger partial charge on any atom is 0.206 e. The molecule has 1 atom stereocenters. The first-order chi connectivity index (χ1) is 6.24. The van der Waals surface area contributed by atoms with Crippen molar-refractivity contribution in [2.75, 3.05) is 0 Å². The second-order valence-electron chi connectivity index (χ2n) is 3.48. The minimum Gasteiger partial charge on any atom is -0.369 e. The second kappa shape index (κ2) is 4.84. The molecule has 0 aromatic rings. The number of guanidine groups is 1. The Morgan fingerprint density at radius 3 is 3.08 bits per heavy atom. The maximum absolute atomic E-state index is 7.00. The zero-order valence-corrected chi connectivity index (χ0v) is 8.14. The minimum absolute atomic E-state index is 0.0760. The highest BCUT2D eigenvalue weighted by Crippen LogP contribution is 2.23. The molecule has 13 heavy (non-hydrogen) atoms. The Morgan fingerprint density at radius 1 is 1.69 bits per heavy atom. The molecule has 1 aliphatic rings. The van der Waals surface area contributed by atoms with Crippen molar-refractivity contribution in [2.24, 2.45) is 16.8 Å². The number of nitrogens with two attached hydrogens (primary N) is 1. The minimum atomic E-state index is -0.0760. The van der Waals surface area contributed by atoms with Crippen molar-refractivity contribution in [3.05, 3.63) is 0 Å². The van der Waals surface area contributed by atoms with E-state index in [4.69, 9.17) is 11.1 Å². The summed E-state index contributed by atoms with van der Waals surface area (Å²) in [5.41, 5.74) is 8.87. The van der Waals surface area contributed by atoms with Crippen LogP contribution in [0.4, 0.5) is 0 Å². The molecule has 0 aromatic carbocycles. The van der Waals surface area contributed by atoms with E-state index in [1.165, 1.54) is 25.0 Å². The molecule has 4 nitrogen and oxygen atoms in total. The summed E-state index contributed by atoms with van der Waals surface area (Å²) in [6, 6.07) is 0. The van der Waals surface area contributed by atoms with Gasteiger partial charge in [-0.25, -0.2) is 5.43 Å². The van der Waals surface area contributed by atoms with E-state index in [-0.39, 0.29) is 5.96 Å². The van der Waals surface area contributed by atoms with Crippen molar-refractivity contribution in [3.8, 4) is 0 Å². The predicted molar refractivity (Wildman–Crippen MR) is 54.7 cm³/mol. The third kappa shape index (κ3) is 3.05. The highest BCUT2D eigenvalue weighted by molar-refractivity contribution is 5.88. The molecule has 0 aliphatic heterocycles. The van der Waals surface area contributed by atoms with E-state index in [1.54, 1.807) is 0 Å². The molecule has 0 aromatic heterocycles. The lowest BCUT2D eigenvalue weighted by Gasteiger charge is -2.22. The van der Waals surface area contributed by atoms with Gasteiger partial charge < -0.3 is 5.73 Å². The summed E-state index contributed by atoms with van der Waals surface area (Å²) in [5, 5.41) is 11.1. The van der Waals surface area contributed by atoms with Crippen LogP contribution < -0.4 is 11.2 Å². The molecule has 0 bridgehead atoms.